The summed E-state index contributed by atoms with van der Waals surface area (Å²) in [5.74, 6) is -2.74. The Kier molecular flexibility index (Phi) is 18.9. The van der Waals surface area contributed by atoms with Gasteiger partial charge >= 0.3 is 11.9 Å². The van der Waals surface area contributed by atoms with Crippen molar-refractivity contribution in [2.45, 2.75) is 101 Å². The zero-order valence-corrected chi connectivity index (χ0v) is 35.2. The summed E-state index contributed by atoms with van der Waals surface area (Å²) in [5.41, 5.74) is 11.6. The molecule has 5 aliphatic rings. The van der Waals surface area contributed by atoms with Crippen LogP contribution in [0.2, 0.25) is 0 Å². The molecular weight excluding hydrogens is 799 g/mol. The third kappa shape index (κ3) is 12.2. The van der Waals surface area contributed by atoms with Gasteiger partial charge in [0.25, 0.3) is 0 Å². The minimum absolute atomic E-state index is 0. The SMILES string of the molecule is COC(=O)C1CC(NC(=O)CN2CCC(=O)N(CC(=O)NC3CC(C(=O)OC)N(C(=O)C4CCC(CN)CC4)C3)CCC2=O)CN1C(=O)C1CCC(CN)CC1.Cl.Cl. The molecule has 2 aliphatic carbocycles. The largest absolute Gasteiger partial charge is 0.467 e. The number of rotatable bonds is 12. The number of nitrogens with zero attached hydrogens (tertiary/aromatic N) is 4. The fourth-order valence-corrected chi connectivity index (χ4v) is 9.10. The van der Waals surface area contributed by atoms with Crippen molar-refractivity contribution in [1.82, 2.24) is 30.2 Å². The average molecular weight is 862 g/mol. The zero-order chi connectivity index (χ0) is 40.5. The van der Waals surface area contributed by atoms with Crippen molar-refractivity contribution in [3.63, 3.8) is 0 Å². The zero-order valence-electron chi connectivity index (χ0n) is 33.6. The van der Waals surface area contributed by atoms with Crippen LogP contribution in [0.1, 0.15) is 77.0 Å². The summed E-state index contributed by atoms with van der Waals surface area (Å²) in [4.78, 5) is 111. The smallest absolute Gasteiger partial charge is 0.328 e. The Bertz CT molecular complexity index is 1380. The maximum Gasteiger partial charge on any atom is 0.328 e. The third-order valence-electron chi connectivity index (χ3n) is 12.5. The van der Waals surface area contributed by atoms with Crippen LogP contribution in [0.15, 0.2) is 0 Å². The van der Waals surface area contributed by atoms with Gasteiger partial charge in [0.05, 0.1) is 27.3 Å². The van der Waals surface area contributed by atoms with Crippen molar-refractivity contribution in [2.75, 3.05) is 66.6 Å². The number of amides is 6. The first-order chi connectivity index (χ1) is 26.8. The minimum Gasteiger partial charge on any atom is -0.467 e. The predicted molar refractivity (Wildman–Crippen MR) is 214 cm³/mol. The van der Waals surface area contributed by atoms with Crippen LogP contribution < -0.4 is 22.1 Å². The van der Waals surface area contributed by atoms with Crippen LogP contribution in [0.25, 0.3) is 0 Å². The van der Waals surface area contributed by atoms with E-state index in [4.69, 9.17) is 20.9 Å². The Labute approximate surface area is 352 Å². The molecule has 5 fully saturated rings. The summed E-state index contributed by atoms with van der Waals surface area (Å²) in [6.45, 7) is 0.737. The van der Waals surface area contributed by atoms with Crippen LogP contribution in [0.3, 0.4) is 0 Å². The third-order valence-corrected chi connectivity index (χ3v) is 12.5. The molecule has 0 aromatic heterocycles. The van der Waals surface area contributed by atoms with Crippen LogP contribution in [0, 0.1) is 23.7 Å². The van der Waals surface area contributed by atoms with E-state index in [1.54, 1.807) is 0 Å². The molecule has 0 bridgehead atoms. The lowest BCUT2D eigenvalue weighted by molar-refractivity contribution is -0.152. The van der Waals surface area contributed by atoms with Gasteiger partial charge in [0, 0.05) is 75.8 Å². The molecule has 0 aromatic carbocycles. The van der Waals surface area contributed by atoms with E-state index in [0.29, 0.717) is 50.6 Å². The molecule has 0 spiro atoms. The first-order valence-corrected chi connectivity index (χ1v) is 20.2. The van der Waals surface area contributed by atoms with E-state index < -0.39 is 47.9 Å². The highest BCUT2D eigenvalue weighted by Crippen LogP contribution is 2.33. The Balaban J connectivity index is 0.00000450. The number of ether oxygens (including phenoxy) is 2. The normalized spacial score (nSPS) is 29.0. The van der Waals surface area contributed by atoms with E-state index in [-0.39, 0.29) is 125 Å². The summed E-state index contributed by atoms with van der Waals surface area (Å²) >= 11 is 0. The quantitative estimate of drug-likeness (QED) is 0.179. The second kappa shape index (κ2) is 22.6. The van der Waals surface area contributed by atoms with Crippen molar-refractivity contribution in [3.8, 4) is 0 Å². The average Bonchev–Trinajstić information content (AvgIpc) is 3.83. The maximum atomic E-state index is 13.5. The highest BCUT2D eigenvalue weighted by atomic mass is 35.5. The Morgan fingerprint density at radius 1 is 0.603 bits per heavy atom. The van der Waals surface area contributed by atoms with Gasteiger partial charge in [0.15, 0.2) is 0 Å². The summed E-state index contributed by atoms with van der Waals surface area (Å²) in [5, 5.41) is 5.73. The Morgan fingerprint density at radius 3 is 1.26 bits per heavy atom. The number of nitrogens with two attached hydrogens (primary N) is 2. The number of hydrogen-bond donors (Lipinski definition) is 4. The van der Waals surface area contributed by atoms with E-state index in [9.17, 15) is 38.4 Å². The van der Waals surface area contributed by atoms with Crippen LogP contribution in [0.5, 0.6) is 0 Å². The van der Waals surface area contributed by atoms with Crippen molar-refractivity contribution in [3.05, 3.63) is 0 Å². The van der Waals surface area contributed by atoms with Gasteiger partial charge in [0.1, 0.15) is 12.1 Å². The molecule has 6 N–H and O–H groups in total. The van der Waals surface area contributed by atoms with E-state index in [1.807, 2.05) is 0 Å². The Hall–Kier alpha value is -3.74. The van der Waals surface area contributed by atoms with Crippen LogP contribution >= 0.6 is 24.8 Å². The number of carbonyl (C=O) groups excluding carboxylic acids is 8. The molecule has 2 saturated carbocycles. The lowest BCUT2D eigenvalue weighted by atomic mass is 9.81. The standard InChI is InChI=1S/C38H60N8O10.2ClH/c1-55-37(53)29-15-27(19-45(29)35(51)25-7-3-23(17-39)4-8-25)41-31(47)21-43-13-11-34(50)44(14-12-33(43)49)22-32(48)42-28-16-30(38(54)56-2)46(20-28)36(52)26-9-5-24(18-40)6-10-26;;/h23-30H,3-22,39-40H2,1-2H3,(H,41,47)(H,42,48);2*1H. The minimum atomic E-state index is -0.829. The van der Waals surface area contributed by atoms with E-state index >= 15 is 0 Å². The van der Waals surface area contributed by atoms with Crippen LogP contribution in [-0.4, -0.2) is 158 Å². The van der Waals surface area contributed by atoms with E-state index in [2.05, 4.69) is 10.6 Å². The fraction of sp³-hybridized carbons (Fsp3) is 0.789. The molecule has 3 heterocycles. The first kappa shape index (κ1) is 48.6. The molecule has 3 aliphatic heterocycles. The van der Waals surface area contributed by atoms with E-state index in [1.165, 1.54) is 33.8 Å². The molecule has 18 nitrogen and oxygen atoms in total. The summed E-state index contributed by atoms with van der Waals surface area (Å²) in [7, 11) is 2.52. The molecule has 328 valence electrons. The highest BCUT2D eigenvalue weighted by Gasteiger charge is 2.45. The number of esters is 2. The molecule has 4 atom stereocenters. The second-order valence-corrected chi connectivity index (χ2v) is 16.1. The summed E-state index contributed by atoms with van der Waals surface area (Å²) < 4.78 is 9.95. The van der Waals surface area contributed by atoms with Gasteiger partial charge in [-0.1, -0.05) is 0 Å². The van der Waals surface area contributed by atoms with Gasteiger partial charge < -0.3 is 51.2 Å². The number of carbonyl (C=O) groups is 8. The topological polar surface area (TPSA) is 244 Å². The summed E-state index contributed by atoms with van der Waals surface area (Å²) in [6.07, 6.45) is 6.28. The van der Waals surface area contributed by atoms with Crippen LogP contribution in [0.4, 0.5) is 0 Å². The van der Waals surface area contributed by atoms with Gasteiger partial charge in [0.2, 0.25) is 35.4 Å². The molecule has 3 saturated heterocycles. The number of methoxy groups -OCH3 is 2. The predicted octanol–water partition coefficient (Wildman–Crippen LogP) is -0.671. The van der Waals surface area contributed by atoms with Gasteiger partial charge in [-0.25, -0.2) is 9.59 Å². The highest BCUT2D eigenvalue weighted by molar-refractivity contribution is 5.91. The monoisotopic (exact) mass is 860 g/mol. The second-order valence-electron chi connectivity index (χ2n) is 16.1. The lowest BCUT2D eigenvalue weighted by Crippen LogP contribution is -2.50. The Morgan fingerprint density at radius 2 is 0.948 bits per heavy atom. The molecule has 4 unspecified atom stereocenters. The van der Waals surface area contributed by atoms with Crippen molar-refractivity contribution >= 4 is 72.2 Å². The van der Waals surface area contributed by atoms with Gasteiger partial charge in [-0.3, -0.25) is 28.8 Å². The molecule has 20 heteroatoms. The van der Waals surface area contributed by atoms with Gasteiger partial charge in [-0.15, -0.1) is 24.8 Å². The number of likely N-dealkylation sites (tertiary alicyclic amines) is 2. The fourth-order valence-electron chi connectivity index (χ4n) is 9.10. The number of halogens is 2. The summed E-state index contributed by atoms with van der Waals surface area (Å²) in [6, 6.07) is -2.71. The van der Waals surface area contributed by atoms with Gasteiger partial charge in [-0.05, 0) is 76.3 Å². The van der Waals surface area contributed by atoms with Crippen LogP contribution in [-0.2, 0) is 47.8 Å². The molecular formula is C38H62Cl2N8O10. The first-order valence-electron chi connectivity index (χ1n) is 20.2. The number of hydrogen-bond acceptors (Lipinski definition) is 12. The molecule has 0 radical (unpaired) electrons. The van der Waals surface area contributed by atoms with Gasteiger partial charge in [-0.2, -0.15) is 0 Å². The molecule has 6 amide bonds. The number of nitrogens with one attached hydrogen (secondary N) is 2. The maximum absolute atomic E-state index is 13.5. The lowest BCUT2D eigenvalue weighted by Gasteiger charge is -2.32. The molecule has 58 heavy (non-hydrogen) atoms. The van der Waals surface area contributed by atoms with Crippen molar-refractivity contribution in [2.24, 2.45) is 35.1 Å². The van der Waals surface area contributed by atoms with Crippen molar-refractivity contribution in [1.29, 1.82) is 0 Å². The van der Waals surface area contributed by atoms with E-state index in [0.717, 1.165) is 25.7 Å². The molecule has 5 rings (SSSR count). The molecule has 0 aromatic rings. The van der Waals surface area contributed by atoms with Crippen molar-refractivity contribution < 1.29 is 47.8 Å².